The van der Waals surface area contributed by atoms with Crippen molar-refractivity contribution >= 4 is 23.6 Å². The van der Waals surface area contributed by atoms with E-state index in [2.05, 4.69) is 21.0 Å². The maximum Gasteiger partial charge on any atom is 0.0618 e. The quantitative estimate of drug-likeness (QED) is 0.499. The summed E-state index contributed by atoms with van der Waals surface area (Å²) in [7, 11) is 0. The van der Waals surface area contributed by atoms with E-state index in [9.17, 15) is 0 Å². The molecule has 5 heteroatoms. The van der Waals surface area contributed by atoms with E-state index in [0.717, 1.165) is 22.6 Å². The standard InChI is InChI=1S/C9H7N2.C9H6NS.Ir/c1-3-8(10-5-1)7-9-4-2-6-11-9;1-2-5-10-9(3-1)8-4-6-11-7-8;/h1-7H;1-3,5-7H;/q2*-1;/b8-7-;;. The van der Waals surface area contributed by atoms with Crippen LogP contribution in [0, 0.1) is 6.07 Å². The van der Waals surface area contributed by atoms with Gasteiger partial charge in [0, 0.05) is 32.5 Å². The Morgan fingerprint density at radius 1 is 1.17 bits per heavy atom. The van der Waals surface area contributed by atoms with Crippen LogP contribution in [0.5, 0.6) is 0 Å². The largest absolute Gasteiger partial charge is 0.664 e. The summed E-state index contributed by atoms with van der Waals surface area (Å²) in [6, 6.07) is 12.9. The summed E-state index contributed by atoms with van der Waals surface area (Å²) >= 11 is 1.64. The van der Waals surface area contributed by atoms with Gasteiger partial charge in [-0.3, -0.25) is 4.99 Å². The minimum absolute atomic E-state index is 0. The first-order valence-corrected chi connectivity index (χ1v) is 7.71. The summed E-state index contributed by atoms with van der Waals surface area (Å²) in [5, 5.41) is 3.98. The molecule has 1 radical (unpaired) electrons. The number of rotatable bonds is 2. The first kappa shape index (κ1) is 17.3. The summed E-state index contributed by atoms with van der Waals surface area (Å²) in [6.45, 7) is 0. The van der Waals surface area contributed by atoms with Crippen LogP contribution in [0.25, 0.3) is 17.3 Å². The number of hydrogen-bond acceptors (Lipinski definition) is 3. The molecule has 4 heterocycles. The number of thiophene rings is 1. The molecule has 1 aliphatic heterocycles. The summed E-state index contributed by atoms with van der Waals surface area (Å²) in [5.41, 5.74) is 4.00. The fourth-order valence-corrected chi connectivity index (χ4v) is 2.43. The molecule has 3 nitrogen and oxygen atoms in total. The van der Waals surface area contributed by atoms with Crippen LogP contribution in [-0.2, 0) is 20.1 Å². The SMILES string of the molecule is C1=C/C(=C/c2ccc[n-]2)N=C1.[Ir].[c-]1cscc1-c1ccccn1. The monoisotopic (exact) mass is 496 g/mol. The van der Waals surface area contributed by atoms with Crippen LogP contribution in [0.4, 0.5) is 0 Å². The number of pyridine rings is 1. The second-order valence-corrected chi connectivity index (χ2v) is 5.16. The molecule has 0 N–H and O–H groups in total. The second kappa shape index (κ2) is 9.15. The minimum Gasteiger partial charge on any atom is -0.664 e. The molecule has 0 aromatic carbocycles. The summed E-state index contributed by atoms with van der Waals surface area (Å²) in [6.07, 6.45) is 11.1. The smallest absolute Gasteiger partial charge is 0.0618 e. The van der Waals surface area contributed by atoms with Crippen LogP contribution in [0.3, 0.4) is 0 Å². The molecule has 1 aliphatic rings. The Morgan fingerprint density at radius 3 is 2.74 bits per heavy atom. The van der Waals surface area contributed by atoms with E-state index in [1.807, 2.05) is 59.3 Å². The minimum atomic E-state index is 0. The van der Waals surface area contributed by atoms with Gasteiger partial charge in [-0.1, -0.05) is 35.7 Å². The zero-order chi connectivity index (χ0) is 15.0. The van der Waals surface area contributed by atoms with Gasteiger partial charge in [0.1, 0.15) is 0 Å². The molecular formula is C18H13IrN3S-2. The van der Waals surface area contributed by atoms with Gasteiger partial charge in [0.05, 0.1) is 5.70 Å². The van der Waals surface area contributed by atoms with Crippen LogP contribution in [-0.4, -0.2) is 11.2 Å². The molecule has 0 saturated carbocycles. The van der Waals surface area contributed by atoms with Crippen LogP contribution >= 0.6 is 11.3 Å². The molecule has 0 spiro atoms. The van der Waals surface area contributed by atoms with Crippen molar-refractivity contribution in [2.45, 2.75) is 0 Å². The molecule has 3 aromatic rings. The van der Waals surface area contributed by atoms with Gasteiger partial charge in [-0.15, -0.1) is 11.1 Å². The molecule has 0 bridgehead atoms. The normalized spacial score (nSPS) is 13.5. The number of nitrogens with zero attached hydrogens (tertiary/aromatic N) is 3. The number of hydrogen-bond donors (Lipinski definition) is 0. The van der Waals surface area contributed by atoms with Gasteiger partial charge in [-0.25, -0.2) is 11.3 Å². The predicted molar refractivity (Wildman–Crippen MR) is 91.8 cm³/mol. The van der Waals surface area contributed by atoms with Crippen molar-refractivity contribution in [3.8, 4) is 11.3 Å². The van der Waals surface area contributed by atoms with Crippen molar-refractivity contribution in [3.63, 3.8) is 0 Å². The number of allylic oxidation sites excluding steroid dienone is 2. The Morgan fingerprint density at radius 2 is 2.13 bits per heavy atom. The molecule has 3 aromatic heterocycles. The Bertz CT molecular complexity index is 759. The molecule has 23 heavy (non-hydrogen) atoms. The third-order valence-electron chi connectivity index (χ3n) is 2.86. The molecule has 0 atom stereocenters. The Hall–Kier alpha value is -2.07. The fourth-order valence-electron chi connectivity index (χ4n) is 1.84. The first-order valence-electron chi connectivity index (χ1n) is 6.77. The third-order valence-corrected chi connectivity index (χ3v) is 3.48. The van der Waals surface area contributed by atoms with Gasteiger partial charge < -0.3 is 9.97 Å². The first-order chi connectivity index (χ1) is 10.9. The second-order valence-electron chi connectivity index (χ2n) is 4.41. The molecule has 4 rings (SSSR count). The van der Waals surface area contributed by atoms with Crippen molar-refractivity contribution < 1.29 is 20.1 Å². The maximum atomic E-state index is 4.20. The van der Waals surface area contributed by atoms with Crippen molar-refractivity contribution in [1.82, 2.24) is 9.97 Å². The van der Waals surface area contributed by atoms with Crippen molar-refractivity contribution in [2.75, 3.05) is 0 Å². The molecule has 0 aliphatic carbocycles. The molecule has 0 unspecified atom stereocenters. The van der Waals surface area contributed by atoms with Gasteiger partial charge >= 0.3 is 0 Å². The summed E-state index contributed by atoms with van der Waals surface area (Å²) < 4.78 is 0. The Balaban J connectivity index is 0.000000160. The van der Waals surface area contributed by atoms with E-state index in [1.54, 1.807) is 29.9 Å². The third kappa shape index (κ3) is 5.25. The maximum absolute atomic E-state index is 4.20. The molecule has 117 valence electrons. The van der Waals surface area contributed by atoms with Gasteiger partial charge in [-0.2, -0.15) is 17.8 Å². The van der Waals surface area contributed by atoms with E-state index >= 15 is 0 Å². The van der Waals surface area contributed by atoms with Crippen LogP contribution < -0.4 is 4.98 Å². The van der Waals surface area contributed by atoms with Crippen LogP contribution in [0.15, 0.2) is 76.3 Å². The van der Waals surface area contributed by atoms with Gasteiger partial charge in [0.25, 0.3) is 0 Å². The van der Waals surface area contributed by atoms with Crippen LogP contribution in [0.2, 0.25) is 0 Å². The summed E-state index contributed by atoms with van der Waals surface area (Å²) in [4.78, 5) is 12.4. The number of aliphatic imine (C=N–C) groups is 1. The Labute approximate surface area is 152 Å². The zero-order valence-corrected chi connectivity index (χ0v) is 15.3. The molecule has 0 amide bonds. The fraction of sp³-hybridized carbons (Fsp3) is 0. The van der Waals surface area contributed by atoms with E-state index in [4.69, 9.17) is 0 Å². The molecule has 0 saturated heterocycles. The average molecular weight is 496 g/mol. The van der Waals surface area contributed by atoms with Crippen molar-refractivity contribution in [1.29, 1.82) is 0 Å². The summed E-state index contributed by atoms with van der Waals surface area (Å²) in [5.74, 6) is 0. The average Bonchev–Trinajstić information content (AvgIpc) is 3.33. The predicted octanol–water partition coefficient (Wildman–Crippen LogP) is 4.23. The van der Waals surface area contributed by atoms with Crippen molar-refractivity contribution in [2.24, 2.45) is 4.99 Å². The van der Waals surface area contributed by atoms with E-state index in [0.29, 0.717) is 0 Å². The van der Waals surface area contributed by atoms with Gasteiger partial charge in [0.2, 0.25) is 0 Å². The zero-order valence-electron chi connectivity index (χ0n) is 12.1. The van der Waals surface area contributed by atoms with Crippen LogP contribution in [0.1, 0.15) is 5.69 Å². The molecular weight excluding hydrogens is 483 g/mol. The number of aromatic nitrogens is 2. The Kier molecular flexibility index (Phi) is 6.88. The van der Waals surface area contributed by atoms with Crippen molar-refractivity contribution in [3.05, 3.63) is 83.1 Å². The van der Waals surface area contributed by atoms with E-state index in [-0.39, 0.29) is 20.1 Å². The van der Waals surface area contributed by atoms with Gasteiger partial charge in [-0.05, 0) is 23.9 Å². The molecule has 0 fully saturated rings. The van der Waals surface area contributed by atoms with E-state index < -0.39 is 0 Å². The topological polar surface area (TPSA) is 39.4 Å². The van der Waals surface area contributed by atoms with E-state index in [1.165, 1.54) is 0 Å². The van der Waals surface area contributed by atoms with Gasteiger partial charge in [0.15, 0.2) is 0 Å².